The van der Waals surface area contributed by atoms with Gasteiger partial charge in [-0.15, -0.1) is 6.58 Å². The zero-order valence-electron chi connectivity index (χ0n) is 27.9. The minimum Gasteiger partial charge on any atom is -0.496 e. The lowest BCUT2D eigenvalue weighted by Crippen LogP contribution is -2.31. The molecule has 0 bridgehead atoms. The quantitative estimate of drug-likeness (QED) is 0.165. The van der Waals surface area contributed by atoms with Gasteiger partial charge >= 0.3 is 0 Å². The molecule has 0 saturated heterocycles. The molecular weight excluding hydrogens is 608 g/mol. The highest BCUT2D eigenvalue weighted by atomic mass is 79.9. The predicted octanol–water partition coefficient (Wildman–Crippen LogP) is 8.78. The Hall–Kier alpha value is -2.48. The predicted molar refractivity (Wildman–Crippen MR) is 181 cm³/mol. The van der Waals surface area contributed by atoms with E-state index in [0.29, 0.717) is 24.3 Å². The molecule has 240 valence electrons. The molecule has 2 aromatic rings. The number of ether oxygens (including phenoxy) is 4. The number of benzene rings is 2. The summed E-state index contributed by atoms with van der Waals surface area (Å²) in [5.74, 6) is 2.90. The topological polar surface area (TPSA) is 77.4 Å². The minimum atomic E-state index is -0.591. The first-order chi connectivity index (χ1) is 20.1. The van der Waals surface area contributed by atoms with Crippen molar-refractivity contribution < 1.29 is 29.2 Å². The number of aliphatic hydroxyl groups is 2. The first-order valence-electron chi connectivity index (χ1n) is 15.1. The van der Waals surface area contributed by atoms with Crippen molar-refractivity contribution in [2.24, 2.45) is 0 Å². The number of hydrogen-bond acceptors (Lipinski definition) is 6. The fraction of sp³-hybridized carbons (Fsp3) is 0.556. The summed E-state index contributed by atoms with van der Waals surface area (Å²) >= 11 is 3.63. The molecule has 0 aromatic heterocycles. The van der Waals surface area contributed by atoms with Crippen molar-refractivity contribution in [1.29, 1.82) is 0 Å². The van der Waals surface area contributed by atoms with E-state index in [1.54, 1.807) is 14.2 Å². The van der Waals surface area contributed by atoms with Gasteiger partial charge < -0.3 is 29.2 Å². The van der Waals surface area contributed by atoms with Crippen LogP contribution in [0.25, 0.3) is 6.08 Å². The van der Waals surface area contributed by atoms with Crippen molar-refractivity contribution in [2.45, 2.75) is 103 Å². The molecule has 2 unspecified atom stereocenters. The molecule has 0 heterocycles. The van der Waals surface area contributed by atoms with Crippen molar-refractivity contribution in [2.75, 3.05) is 27.4 Å². The molecule has 0 radical (unpaired) electrons. The second-order valence-electron chi connectivity index (χ2n) is 12.8. The second-order valence-corrected chi connectivity index (χ2v) is 13.7. The normalized spacial score (nSPS) is 15.1. The van der Waals surface area contributed by atoms with Crippen molar-refractivity contribution in [3.05, 3.63) is 64.2 Å². The van der Waals surface area contributed by atoms with Gasteiger partial charge in [0.1, 0.15) is 34.2 Å². The summed E-state index contributed by atoms with van der Waals surface area (Å²) < 4.78 is 25.5. The molecule has 0 aliphatic heterocycles. The summed E-state index contributed by atoms with van der Waals surface area (Å²) in [5.41, 5.74) is 0.891. The fourth-order valence-electron chi connectivity index (χ4n) is 4.98. The molecule has 0 spiro atoms. The van der Waals surface area contributed by atoms with Crippen LogP contribution in [0.4, 0.5) is 0 Å². The van der Waals surface area contributed by atoms with Crippen LogP contribution in [0.15, 0.2) is 47.5 Å². The molecule has 2 aromatic carbocycles. The van der Waals surface area contributed by atoms with Crippen LogP contribution in [0.1, 0.15) is 97.8 Å². The first-order valence-corrected chi connectivity index (χ1v) is 15.9. The summed E-state index contributed by atoms with van der Waals surface area (Å²) in [7, 11) is 3.34. The van der Waals surface area contributed by atoms with Gasteiger partial charge in [0.25, 0.3) is 0 Å². The van der Waals surface area contributed by atoms with Gasteiger partial charge in [-0.1, -0.05) is 45.9 Å². The zero-order chi connectivity index (χ0) is 32.6. The SMILES string of the molecule is C=CC(C)(CC)c1cc(OC(C)(C)CCO)c(/C=C/C(C)(CC)c2cc(OC)c(Br)cc2OC(C)(C)CCO)cc1OC. The Morgan fingerprint density at radius 3 is 1.67 bits per heavy atom. The van der Waals surface area contributed by atoms with Gasteiger partial charge in [0.15, 0.2) is 0 Å². The summed E-state index contributed by atoms with van der Waals surface area (Å²) in [5, 5.41) is 19.3. The van der Waals surface area contributed by atoms with E-state index in [1.165, 1.54) is 0 Å². The molecule has 2 N–H and O–H groups in total. The van der Waals surface area contributed by atoms with E-state index < -0.39 is 16.6 Å². The maximum atomic E-state index is 9.70. The van der Waals surface area contributed by atoms with E-state index in [-0.39, 0.29) is 18.6 Å². The second kappa shape index (κ2) is 15.0. The number of halogens is 1. The third kappa shape index (κ3) is 9.02. The van der Waals surface area contributed by atoms with Crippen LogP contribution in [0.3, 0.4) is 0 Å². The van der Waals surface area contributed by atoms with Gasteiger partial charge in [0, 0.05) is 53.6 Å². The molecule has 7 heteroatoms. The van der Waals surface area contributed by atoms with Crippen LogP contribution in [0.2, 0.25) is 0 Å². The van der Waals surface area contributed by atoms with Gasteiger partial charge in [-0.3, -0.25) is 0 Å². The third-order valence-corrected chi connectivity index (χ3v) is 9.19. The van der Waals surface area contributed by atoms with Gasteiger partial charge in [0.05, 0.1) is 18.7 Å². The summed E-state index contributed by atoms with van der Waals surface area (Å²) in [6.07, 6.45) is 8.81. The van der Waals surface area contributed by atoms with Crippen molar-refractivity contribution in [3.63, 3.8) is 0 Å². The number of allylic oxidation sites excluding steroid dienone is 2. The summed E-state index contributed by atoms with van der Waals surface area (Å²) in [6, 6.07) is 8.04. The molecule has 0 aliphatic rings. The monoisotopic (exact) mass is 660 g/mol. The van der Waals surface area contributed by atoms with Crippen LogP contribution >= 0.6 is 15.9 Å². The van der Waals surface area contributed by atoms with E-state index in [0.717, 1.165) is 45.5 Å². The molecule has 6 nitrogen and oxygen atoms in total. The average Bonchev–Trinajstić information content (AvgIpc) is 2.95. The van der Waals surface area contributed by atoms with Crippen LogP contribution in [0, 0.1) is 0 Å². The molecule has 2 rings (SSSR count). The molecule has 2 atom stereocenters. The van der Waals surface area contributed by atoms with E-state index in [9.17, 15) is 10.2 Å². The highest BCUT2D eigenvalue weighted by Gasteiger charge is 2.32. The van der Waals surface area contributed by atoms with Gasteiger partial charge in [-0.05, 0) is 80.7 Å². The molecular formula is C36H53BrO6. The van der Waals surface area contributed by atoms with Crippen LogP contribution in [-0.2, 0) is 10.8 Å². The van der Waals surface area contributed by atoms with Gasteiger partial charge in [0.2, 0.25) is 0 Å². The highest BCUT2D eigenvalue weighted by Crippen LogP contribution is 2.45. The maximum absolute atomic E-state index is 9.70. The molecule has 0 saturated carbocycles. The molecule has 0 aliphatic carbocycles. The summed E-state index contributed by atoms with van der Waals surface area (Å²) in [6.45, 7) is 20.7. The average molecular weight is 662 g/mol. The molecule has 0 amide bonds. The number of aliphatic hydroxyl groups excluding tert-OH is 2. The number of hydrogen-bond donors (Lipinski definition) is 2. The maximum Gasteiger partial charge on any atom is 0.133 e. The van der Waals surface area contributed by atoms with Crippen LogP contribution < -0.4 is 18.9 Å². The molecule has 0 fully saturated rings. The Bertz CT molecular complexity index is 1270. The third-order valence-electron chi connectivity index (χ3n) is 8.57. The van der Waals surface area contributed by atoms with Crippen LogP contribution in [0.5, 0.6) is 23.0 Å². The largest absolute Gasteiger partial charge is 0.496 e. The highest BCUT2D eigenvalue weighted by molar-refractivity contribution is 9.10. The van der Waals surface area contributed by atoms with E-state index in [4.69, 9.17) is 18.9 Å². The Labute approximate surface area is 268 Å². The number of methoxy groups -OCH3 is 2. The zero-order valence-corrected chi connectivity index (χ0v) is 29.5. The fourth-order valence-corrected chi connectivity index (χ4v) is 5.47. The Morgan fingerprint density at radius 2 is 1.21 bits per heavy atom. The smallest absolute Gasteiger partial charge is 0.133 e. The lowest BCUT2D eigenvalue weighted by Gasteiger charge is -2.33. The Balaban J connectivity index is 2.81. The van der Waals surface area contributed by atoms with Gasteiger partial charge in [-0.25, -0.2) is 0 Å². The number of rotatable bonds is 17. The van der Waals surface area contributed by atoms with Gasteiger partial charge in [-0.2, -0.15) is 0 Å². The minimum absolute atomic E-state index is 0.0230. The van der Waals surface area contributed by atoms with Crippen molar-refractivity contribution >= 4 is 22.0 Å². The van der Waals surface area contributed by atoms with E-state index in [2.05, 4.69) is 68.4 Å². The standard InChI is InChI=1S/C36H53BrO6/c1-12-35(8,13-2)26-22-29(42-33(4,5)17-19-38)25(21-30(26)40-10)15-16-36(9,14-3)27-23-32(41-11)28(37)24-31(27)43-34(6,7)18-20-39/h12,15-16,21-24,38-39H,1,13-14,17-20H2,2-11H3/b16-15+. The van der Waals surface area contributed by atoms with Crippen molar-refractivity contribution in [3.8, 4) is 23.0 Å². The Kier molecular flexibility index (Phi) is 12.8. The Morgan fingerprint density at radius 1 is 0.721 bits per heavy atom. The van der Waals surface area contributed by atoms with Crippen molar-refractivity contribution in [1.82, 2.24) is 0 Å². The van der Waals surface area contributed by atoms with E-state index in [1.807, 2.05) is 52.0 Å². The lowest BCUT2D eigenvalue weighted by atomic mass is 9.77. The molecule has 43 heavy (non-hydrogen) atoms. The summed E-state index contributed by atoms with van der Waals surface area (Å²) in [4.78, 5) is 0. The first kappa shape index (κ1) is 36.7. The van der Waals surface area contributed by atoms with E-state index >= 15 is 0 Å². The lowest BCUT2D eigenvalue weighted by molar-refractivity contribution is 0.0742. The van der Waals surface area contributed by atoms with Crippen LogP contribution in [-0.4, -0.2) is 48.8 Å².